The van der Waals surface area contributed by atoms with Crippen molar-refractivity contribution in [1.82, 2.24) is 9.80 Å². The Kier molecular flexibility index (Phi) is 11.9. The number of hydrogen-bond acceptors (Lipinski definition) is 3. The topological polar surface area (TPSA) is 15.7 Å². The van der Waals surface area contributed by atoms with E-state index in [1.807, 2.05) is 24.3 Å². The zero-order valence-corrected chi connectivity index (χ0v) is 13.8. The van der Waals surface area contributed by atoms with Crippen molar-refractivity contribution in [2.45, 2.75) is 25.9 Å². The zero-order valence-electron chi connectivity index (χ0n) is 13.8. The van der Waals surface area contributed by atoms with Crippen molar-refractivity contribution < 1.29 is 4.74 Å². The van der Waals surface area contributed by atoms with Crippen molar-refractivity contribution in [2.24, 2.45) is 0 Å². The number of ether oxygens (including phenoxy) is 1. The summed E-state index contributed by atoms with van der Waals surface area (Å²) in [4.78, 5) is 4.58. The van der Waals surface area contributed by atoms with Crippen molar-refractivity contribution in [3.8, 4) is 0 Å². The summed E-state index contributed by atoms with van der Waals surface area (Å²) < 4.78 is 5.88. The summed E-state index contributed by atoms with van der Waals surface area (Å²) in [6, 6.07) is 0.695. The van der Waals surface area contributed by atoms with Gasteiger partial charge in [0.05, 0.1) is 13.2 Å². The van der Waals surface area contributed by atoms with Crippen LogP contribution in [-0.4, -0.2) is 61.3 Å². The molecule has 0 saturated carbocycles. The van der Waals surface area contributed by atoms with Crippen molar-refractivity contribution in [2.75, 3.05) is 39.4 Å². The summed E-state index contributed by atoms with van der Waals surface area (Å²) in [7, 11) is 0. The summed E-state index contributed by atoms with van der Waals surface area (Å²) in [5, 5.41) is 0. The van der Waals surface area contributed by atoms with Crippen LogP contribution in [0, 0.1) is 0 Å². The molecule has 0 rings (SSSR count). The van der Waals surface area contributed by atoms with Crippen LogP contribution in [0.25, 0.3) is 0 Å². The highest BCUT2D eigenvalue weighted by Gasteiger charge is 2.14. The molecule has 0 aliphatic heterocycles. The summed E-state index contributed by atoms with van der Waals surface area (Å²) in [5.74, 6) is 0. The highest BCUT2D eigenvalue weighted by molar-refractivity contribution is 4.84. The van der Waals surface area contributed by atoms with Crippen LogP contribution in [0.15, 0.2) is 50.6 Å². The zero-order chi connectivity index (χ0) is 16.1. The largest absolute Gasteiger partial charge is 0.378 e. The van der Waals surface area contributed by atoms with E-state index >= 15 is 0 Å². The molecule has 2 unspecified atom stereocenters. The lowest BCUT2D eigenvalue weighted by Gasteiger charge is -2.29. The molecular formula is C18H32N2O. The molecule has 3 heteroatoms. The fraction of sp³-hybridized carbons (Fsp3) is 0.556. The van der Waals surface area contributed by atoms with Gasteiger partial charge in [-0.25, -0.2) is 0 Å². The molecule has 21 heavy (non-hydrogen) atoms. The van der Waals surface area contributed by atoms with E-state index in [2.05, 4.69) is 50.0 Å². The maximum Gasteiger partial charge on any atom is 0.0620 e. The third-order valence-electron chi connectivity index (χ3n) is 3.42. The van der Waals surface area contributed by atoms with Gasteiger partial charge in [0.1, 0.15) is 0 Å². The molecule has 0 aromatic rings. The Hall–Kier alpha value is -1.16. The summed E-state index contributed by atoms with van der Waals surface area (Å²) in [6.45, 7) is 24.4. The first-order valence-corrected chi connectivity index (χ1v) is 7.60. The van der Waals surface area contributed by atoms with Gasteiger partial charge in [0.2, 0.25) is 0 Å². The molecule has 0 bridgehead atoms. The summed E-state index contributed by atoms with van der Waals surface area (Å²) in [5.41, 5.74) is 0. The second-order valence-electron chi connectivity index (χ2n) is 5.30. The molecule has 0 aliphatic rings. The Bertz CT molecular complexity index is 264. The Morgan fingerprint density at radius 2 is 1.00 bits per heavy atom. The lowest BCUT2D eigenvalue weighted by Crippen LogP contribution is -2.40. The predicted octanol–water partition coefficient (Wildman–Crippen LogP) is 3.13. The fourth-order valence-electron chi connectivity index (χ4n) is 2.15. The van der Waals surface area contributed by atoms with Gasteiger partial charge in [-0.05, 0) is 13.8 Å². The van der Waals surface area contributed by atoms with E-state index in [0.29, 0.717) is 25.3 Å². The molecule has 0 N–H and O–H groups in total. The maximum absolute atomic E-state index is 5.88. The maximum atomic E-state index is 5.88. The van der Waals surface area contributed by atoms with Gasteiger partial charge in [0.25, 0.3) is 0 Å². The average Bonchev–Trinajstić information content (AvgIpc) is 2.46. The minimum atomic E-state index is 0.348. The van der Waals surface area contributed by atoms with Crippen LogP contribution in [0.2, 0.25) is 0 Å². The monoisotopic (exact) mass is 292 g/mol. The normalized spacial score (nSPS) is 13.9. The van der Waals surface area contributed by atoms with Gasteiger partial charge in [-0.15, -0.1) is 26.3 Å². The highest BCUT2D eigenvalue weighted by atomic mass is 16.5. The Labute approximate surface area is 131 Å². The Balaban J connectivity index is 4.18. The second kappa shape index (κ2) is 12.6. The molecule has 3 nitrogen and oxygen atoms in total. The Morgan fingerprint density at radius 3 is 1.24 bits per heavy atom. The van der Waals surface area contributed by atoms with E-state index in [0.717, 1.165) is 26.2 Å². The first kappa shape index (κ1) is 19.8. The van der Waals surface area contributed by atoms with Gasteiger partial charge in [-0.2, -0.15) is 0 Å². The third kappa shape index (κ3) is 8.66. The highest BCUT2D eigenvalue weighted by Crippen LogP contribution is 2.04. The van der Waals surface area contributed by atoms with Gasteiger partial charge in [-0.3, -0.25) is 9.80 Å². The van der Waals surface area contributed by atoms with E-state index in [1.165, 1.54) is 0 Å². The lowest BCUT2D eigenvalue weighted by atomic mass is 10.2. The first-order chi connectivity index (χ1) is 10.1. The van der Waals surface area contributed by atoms with Crippen LogP contribution in [0.5, 0.6) is 0 Å². The van der Waals surface area contributed by atoms with Crippen LogP contribution < -0.4 is 0 Å². The molecule has 0 spiro atoms. The molecule has 0 aromatic heterocycles. The van der Waals surface area contributed by atoms with E-state index in [-0.39, 0.29) is 0 Å². The van der Waals surface area contributed by atoms with E-state index in [1.54, 1.807) is 0 Å². The number of nitrogens with zero attached hydrogens (tertiary/aromatic N) is 2. The summed E-state index contributed by atoms with van der Waals surface area (Å²) >= 11 is 0. The molecule has 0 fully saturated rings. The quantitative estimate of drug-likeness (QED) is 0.458. The molecule has 0 amide bonds. The van der Waals surface area contributed by atoms with Gasteiger partial charge >= 0.3 is 0 Å². The molecule has 0 aromatic carbocycles. The van der Waals surface area contributed by atoms with Crippen molar-refractivity contribution in [3.63, 3.8) is 0 Å². The molecule has 0 radical (unpaired) electrons. The van der Waals surface area contributed by atoms with Gasteiger partial charge in [0.15, 0.2) is 0 Å². The third-order valence-corrected chi connectivity index (χ3v) is 3.42. The van der Waals surface area contributed by atoms with Crippen molar-refractivity contribution in [1.29, 1.82) is 0 Å². The number of hydrogen-bond donors (Lipinski definition) is 0. The molecule has 2 atom stereocenters. The second-order valence-corrected chi connectivity index (χ2v) is 5.30. The van der Waals surface area contributed by atoms with Crippen LogP contribution >= 0.6 is 0 Å². The smallest absolute Gasteiger partial charge is 0.0620 e. The molecule has 120 valence electrons. The number of rotatable bonds is 14. The first-order valence-electron chi connectivity index (χ1n) is 7.60. The van der Waals surface area contributed by atoms with E-state index < -0.39 is 0 Å². The summed E-state index contributed by atoms with van der Waals surface area (Å²) in [6.07, 6.45) is 7.66. The van der Waals surface area contributed by atoms with Crippen LogP contribution in [0.4, 0.5) is 0 Å². The van der Waals surface area contributed by atoms with Gasteiger partial charge in [0, 0.05) is 38.3 Å². The Morgan fingerprint density at radius 1 is 0.714 bits per heavy atom. The van der Waals surface area contributed by atoms with E-state index in [9.17, 15) is 0 Å². The standard InChI is InChI=1S/C18H32N2O/c1-7-11-19(12-8-2)17(5)15-21-16-18(6)20(13-9-3)14-10-4/h7-10,17-18H,1-4,11-16H2,5-6H3. The molecule has 0 saturated heterocycles. The molecule has 0 aliphatic carbocycles. The molecule has 0 heterocycles. The average molecular weight is 292 g/mol. The van der Waals surface area contributed by atoms with Crippen LogP contribution in [-0.2, 0) is 4.74 Å². The fourth-order valence-corrected chi connectivity index (χ4v) is 2.15. The SMILES string of the molecule is C=CCN(CC=C)C(C)COCC(C)N(CC=C)CC=C. The van der Waals surface area contributed by atoms with Gasteiger partial charge in [-0.1, -0.05) is 24.3 Å². The van der Waals surface area contributed by atoms with Crippen LogP contribution in [0.1, 0.15) is 13.8 Å². The van der Waals surface area contributed by atoms with Crippen LogP contribution in [0.3, 0.4) is 0 Å². The molecular weight excluding hydrogens is 260 g/mol. The predicted molar refractivity (Wildman–Crippen MR) is 93.7 cm³/mol. The van der Waals surface area contributed by atoms with Gasteiger partial charge < -0.3 is 4.74 Å². The minimum Gasteiger partial charge on any atom is -0.378 e. The lowest BCUT2D eigenvalue weighted by molar-refractivity contribution is 0.0413. The van der Waals surface area contributed by atoms with Crippen molar-refractivity contribution >= 4 is 0 Å². The van der Waals surface area contributed by atoms with E-state index in [4.69, 9.17) is 4.74 Å². The minimum absolute atomic E-state index is 0.348. The van der Waals surface area contributed by atoms with Crippen molar-refractivity contribution in [3.05, 3.63) is 50.6 Å².